The van der Waals surface area contributed by atoms with Gasteiger partial charge in [0.1, 0.15) is 0 Å². The topological polar surface area (TPSA) is 71.3 Å². The maximum Gasteiger partial charge on any atom is 0.416 e. The van der Waals surface area contributed by atoms with E-state index in [1.807, 2.05) is 0 Å². The lowest BCUT2D eigenvalue weighted by Gasteiger charge is -2.07. The summed E-state index contributed by atoms with van der Waals surface area (Å²) in [6.45, 7) is 0.0617. The summed E-state index contributed by atoms with van der Waals surface area (Å²) < 4.78 is 38.9. The lowest BCUT2D eigenvalue weighted by molar-refractivity contribution is -0.137. The van der Waals surface area contributed by atoms with Crippen molar-refractivity contribution in [2.75, 3.05) is 7.05 Å². The number of amides is 2. The van der Waals surface area contributed by atoms with Crippen molar-refractivity contribution >= 4 is 11.7 Å². The van der Waals surface area contributed by atoms with Crippen LogP contribution in [0.1, 0.15) is 11.4 Å². The average Bonchev–Trinajstić information content (AvgIpc) is 2.77. The molecule has 102 valence electrons. The summed E-state index contributed by atoms with van der Waals surface area (Å²) in [5.41, 5.74) is -0.721. The van der Waals surface area contributed by atoms with Gasteiger partial charge in [0.2, 0.25) is 0 Å². The molecule has 2 N–H and O–H groups in total. The fourth-order valence-corrected chi connectivity index (χ4v) is 1.48. The molecule has 2 rings (SSSR count). The quantitative estimate of drug-likeness (QED) is 0.863. The van der Waals surface area contributed by atoms with E-state index >= 15 is 0 Å². The molecule has 19 heavy (non-hydrogen) atoms. The third-order valence-corrected chi connectivity index (χ3v) is 2.44. The summed E-state index contributed by atoms with van der Waals surface area (Å²) >= 11 is 0. The van der Waals surface area contributed by atoms with E-state index in [1.54, 1.807) is 0 Å². The number of rotatable bonds is 2. The van der Waals surface area contributed by atoms with Gasteiger partial charge in [0.05, 0.1) is 12.1 Å². The minimum atomic E-state index is -4.42. The number of pyridine rings is 1. The lowest BCUT2D eigenvalue weighted by Crippen LogP contribution is -2.32. The van der Waals surface area contributed by atoms with Crippen LogP contribution < -0.4 is 10.6 Å². The highest BCUT2D eigenvalue weighted by molar-refractivity contribution is 5.73. The number of carbonyl (C=O) groups is 1. The number of hydrogen-bond acceptors (Lipinski definition) is 3. The van der Waals surface area contributed by atoms with E-state index in [1.165, 1.54) is 17.6 Å². The Balaban J connectivity index is 2.27. The first kappa shape index (κ1) is 13.1. The molecular formula is C10H10F3N5O. The van der Waals surface area contributed by atoms with Crippen LogP contribution in [0, 0.1) is 0 Å². The van der Waals surface area contributed by atoms with Crippen LogP contribution in [0.3, 0.4) is 0 Å². The number of hydrogen-bond donors (Lipinski definition) is 2. The molecular weight excluding hydrogens is 263 g/mol. The molecule has 0 atom stereocenters. The minimum Gasteiger partial charge on any atom is -0.341 e. The Morgan fingerprint density at radius 1 is 1.42 bits per heavy atom. The fourth-order valence-electron chi connectivity index (χ4n) is 1.48. The molecule has 0 saturated heterocycles. The van der Waals surface area contributed by atoms with Gasteiger partial charge in [0, 0.05) is 13.2 Å². The Hall–Kier alpha value is -2.32. The highest BCUT2D eigenvalue weighted by Crippen LogP contribution is 2.29. The largest absolute Gasteiger partial charge is 0.416 e. The molecule has 0 aliphatic carbocycles. The second-order valence-electron chi connectivity index (χ2n) is 3.69. The lowest BCUT2D eigenvalue weighted by atomic mass is 10.2. The molecule has 0 aliphatic heterocycles. The fraction of sp³-hybridized carbons (Fsp3) is 0.300. The van der Waals surface area contributed by atoms with Crippen LogP contribution in [0.25, 0.3) is 5.65 Å². The Morgan fingerprint density at radius 3 is 2.79 bits per heavy atom. The number of nitrogens with zero attached hydrogens (tertiary/aromatic N) is 3. The first-order chi connectivity index (χ1) is 8.91. The molecule has 2 heterocycles. The van der Waals surface area contributed by atoms with Gasteiger partial charge < -0.3 is 10.6 Å². The summed E-state index contributed by atoms with van der Waals surface area (Å²) in [6, 6.07) is 1.42. The SMILES string of the molecule is CNC(=O)NCc1nnc2cc(C(F)(F)F)ccn12. The molecule has 0 aliphatic rings. The predicted molar refractivity (Wildman–Crippen MR) is 59.3 cm³/mol. The Bertz CT molecular complexity index is 607. The van der Waals surface area contributed by atoms with Crippen molar-refractivity contribution in [3.05, 3.63) is 29.7 Å². The van der Waals surface area contributed by atoms with Gasteiger partial charge >= 0.3 is 12.2 Å². The van der Waals surface area contributed by atoms with Crippen LogP contribution in [0.5, 0.6) is 0 Å². The first-order valence-corrected chi connectivity index (χ1v) is 5.28. The van der Waals surface area contributed by atoms with Crippen molar-refractivity contribution in [2.24, 2.45) is 0 Å². The van der Waals surface area contributed by atoms with E-state index in [-0.39, 0.29) is 12.2 Å². The third-order valence-electron chi connectivity index (χ3n) is 2.44. The van der Waals surface area contributed by atoms with E-state index in [2.05, 4.69) is 20.8 Å². The number of alkyl halides is 3. The van der Waals surface area contributed by atoms with Crippen molar-refractivity contribution in [2.45, 2.75) is 12.7 Å². The molecule has 2 aromatic heterocycles. The standard InChI is InChI=1S/C10H10F3N5O/c1-14-9(19)15-5-8-17-16-7-4-6(10(11,12)13)2-3-18(7)8/h2-4H,5H2,1H3,(H2,14,15,19). The maximum atomic E-state index is 12.5. The van der Waals surface area contributed by atoms with Gasteiger partial charge in [-0.2, -0.15) is 13.2 Å². The molecule has 0 unspecified atom stereocenters. The average molecular weight is 273 g/mol. The van der Waals surface area contributed by atoms with E-state index < -0.39 is 17.8 Å². The van der Waals surface area contributed by atoms with E-state index in [4.69, 9.17) is 0 Å². The second-order valence-corrected chi connectivity index (χ2v) is 3.69. The summed E-state index contributed by atoms with van der Waals surface area (Å²) in [7, 11) is 1.45. The molecule has 0 aromatic carbocycles. The van der Waals surface area contributed by atoms with Crippen LogP contribution in [0.15, 0.2) is 18.3 Å². The zero-order chi connectivity index (χ0) is 14.0. The summed E-state index contributed by atoms with van der Waals surface area (Å²) in [6.07, 6.45) is -3.20. The van der Waals surface area contributed by atoms with E-state index in [9.17, 15) is 18.0 Å². The molecule has 0 fully saturated rings. The molecule has 0 spiro atoms. The zero-order valence-electron chi connectivity index (χ0n) is 9.82. The Labute approximate surface area is 105 Å². The van der Waals surface area contributed by atoms with Gasteiger partial charge in [-0.25, -0.2) is 4.79 Å². The maximum absolute atomic E-state index is 12.5. The van der Waals surface area contributed by atoms with Crippen molar-refractivity contribution in [1.82, 2.24) is 25.2 Å². The smallest absolute Gasteiger partial charge is 0.341 e. The van der Waals surface area contributed by atoms with Gasteiger partial charge in [-0.3, -0.25) is 4.40 Å². The number of fused-ring (bicyclic) bond motifs is 1. The molecule has 2 aromatic rings. The minimum absolute atomic E-state index is 0.0617. The Morgan fingerprint density at radius 2 is 2.16 bits per heavy atom. The molecule has 0 radical (unpaired) electrons. The monoisotopic (exact) mass is 273 g/mol. The molecule has 2 amide bonds. The van der Waals surface area contributed by atoms with Crippen molar-refractivity contribution < 1.29 is 18.0 Å². The number of carbonyl (C=O) groups excluding carboxylic acids is 1. The van der Waals surface area contributed by atoms with E-state index in [0.717, 1.165) is 12.1 Å². The summed E-state index contributed by atoms with van der Waals surface area (Å²) in [4.78, 5) is 11.0. The van der Waals surface area contributed by atoms with Crippen LogP contribution in [-0.2, 0) is 12.7 Å². The van der Waals surface area contributed by atoms with E-state index in [0.29, 0.717) is 5.82 Å². The van der Waals surface area contributed by atoms with Crippen molar-refractivity contribution in [3.8, 4) is 0 Å². The van der Waals surface area contributed by atoms with Gasteiger partial charge in [-0.15, -0.1) is 10.2 Å². The number of nitrogens with one attached hydrogen (secondary N) is 2. The number of halogens is 3. The first-order valence-electron chi connectivity index (χ1n) is 5.28. The van der Waals surface area contributed by atoms with Crippen LogP contribution >= 0.6 is 0 Å². The normalized spacial score (nSPS) is 11.6. The number of urea groups is 1. The van der Waals surface area contributed by atoms with Crippen molar-refractivity contribution in [3.63, 3.8) is 0 Å². The highest BCUT2D eigenvalue weighted by Gasteiger charge is 2.31. The highest BCUT2D eigenvalue weighted by atomic mass is 19.4. The molecule has 9 heteroatoms. The van der Waals surface area contributed by atoms with Crippen LogP contribution in [0.4, 0.5) is 18.0 Å². The zero-order valence-corrected chi connectivity index (χ0v) is 9.82. The second kappa shape index (κ2) is 4.75. The van der Waals surface area contributed by atoms with Gasteiger partial charge in [-0.1, -0.05) is 0 Å². The molecule has 0 bridgehead atoms. The van der Waals surface area contributed by atoms with Crippen LogP contribution in [0.2, 0.25) is 0 Å². The predicted octanol–water partition coefficient (Wildman–Crippen LogP) is 1.18. The van der Waals surface area contributed by atoms with Crippen molar-refractivity contribution in [1.29, 1.82) is 0 Å². The van der Waals surface area contributed by atoms with Gasteiger partial charge in [0.15, 0.2) is 11.5 Å². The summed E-state index contributed by atoms with van der Waals surface area (Å²) in [5.74, 6) is 0.340. The van der Waals surface area contributed by atoms with Gasteiger partial charge in [0.25, 0.3) is 0 Å². The third kappa shape index (κ3) is 2.75. The summed E-state index contributed by atoms with van der Waals surface area (Å²) in [5, 5.41) is 12.2. The molecule has 6 nitrogen and oxygen atoms in total. The van der Waals surface area contributed by atoms with Crippen LogP contribution in [-0.4, -0.2) is 27.7 Å². The Kier molecular flexibility index (Phi) is 3.28. The number of aromatic nitrogens is 3. The van der Waals surface area contributed by atoms with Gasteiger partial charge in [-0.05, 0) is 12.1 Å². The molecule has 0 saturated carbocycles.